The first-order chi connectivity index (χ1) is 18.7. The van der Waals surface area contributed by atoms with E-state index in [-0.39, 0.29) is 18.0 Å². The predicted molar refractivity (Wildman–Crippen MR) is 163 cm³/mol. The third kappa shape index (κ3) is 5.14. The maximum absolute atomic E-state index is 12.0. The van der Waals surface area contributed by atoms with Crippen molar-refractivity contribution < 1.29 is 4.79 Å². The van der Waals surface area contributed by atoms with Gasteiger partial charge in [0.05, 0.1) is 28.5 Å². The molecule has 1 aliphatic heterocycles. The lowest BCUT2D eigenvalue weighted by atomic mass is 9.96. The van der Waals surface area contributed by atoms with Gasteiger partial charge < -0.3 is 20.1 Å². The number of carbonyl (C=O) groups excluding carboxylic acids is 1. The number of anilines is 2. The zero-order valence-electron chi connectivity index (χ0n) is 22.1. The van der Waals surface area contributed by atoms with Crippen LogP contribution in [0.2, 0.25) is 10.0 Å². The molecule has 0 bridgehead atoms. The van der Waals surface area contributed by atoms with Crippen LogP contribution >= 0.6 is 35.4 Å². The fraction of sp³-hybridized carbons (Fsp3) is 0.233. The fourth-order valence-corrected chi connectivity index (χ4v) is 6.08. The molecular weight excluding hydrogens is 549 g/mol. The highest BCUT2D eigenvalue weighted by Gasteiger charge is 2.42. The van der Waals surface area contributed by atoms with E-state index in [4.69, 9.17) is 35.4 Å². The van der Waals surface area contributed by atoms with E-state index in [9.17, 15) is 4.79 Å². The number of rotatable bonds is 6. The number of benzene rings is 2. The van der Waals surface area contributed by atoms with E-state index in [0.717, 1.165) is 45.3 Å². The van der Waals surface area contributed by atoms with Gasteiger partial charge in [0.15, 0.2) is 5.11 Å². The van der Waals surface area contributed by atoms with Crippen molar-refractivity contribution in [2.45, 2.75) is 46.2 Å². The number of pyridine rings is 1. The third-order valence-electron chi connectivity index (χ3n) is 7.12. The Kier molecular flexibility index (Phi) is 7.67. The van der Waals surface area contributed by atoms with Crippen LogP contribution < -0.4 is 15.5 Å². The third-order valence-corrected chi connectivity index (χ3v) is 7.97. The second kappa shape index (κ2) is 11.0. The molecule has 2 aromatic carbocycles. The molecule has 0 aliphatic carbocycles. The standard InChI is InChI=1S/C30H29Cl2N5OS/c1-5-27(38)34-24-11-10-21(14-17(24)2)37-29(28(35-30(37)39)25-8-6-7-13-33-25)22-15-18(3)36(19(22)4)26-12-9-20(31)16-23(26)32/h6-16,28-29H,5H2,1-4H3,(H,34,38)(H,35,39). The summed E-state index contributed by atoms with van der Waals surface area (Å²) in [6.07, 6.45) is 2.22. The molecule has 1 saturated heterocycles. The van der Waals surface area contributed by atoms with E-state index in [1.807, 2.05) is 56.3 Å². The number of hydrogen-bond acceptors (Lipinski definition) is 3. The minimum absolute atomic E-state index is 0.0226. The molecule has 2 aromatic heterocycles. The van der Waals surface area contributed by atoms with E-state index in [1.165, 1.54) is 0 Å². The topological polar surface area (TPSA) is 62.2 Å². The summed E-state index contributed by atoms with van der Waals surface area (Å²) in [6, 6.07) is 19.2. The molecule has 4 aromatic rings. The average Bonchev–Trinajstić information content (AvgIpc) is 3.41. The Balaban J connectivity index is 1.64. The molecule has 1 amide bonds. The smallest absolute Gasteiger partial charge is 0.224 e. The van der Waals surface area contributed by atoms with Gasteiger partial charge in [-0.1, -0.05) is 36.2 Å². The summed E-state index contributed by atoms with van der Waals surface area (Å²) in [5.74, 6) is -0.0226. The molecular formula is C30H29Cl2N5OS. The second-order valence-electron chi connectivity index (χ2n) is 9.66. The number of nitrogens with zero attached hydrogens (tertiary/aromatic N) is 3. The van der Waals surface area contributed by atoms with Crippen LogP contribution in [-0.2, 0) is 4.79 Å². The molecule has 2 N–H and O–H groups in total. The molecule has 6 nitrogen and oxygen atoms in total. The van der Waals surface area contributed by atoms with E-state index in [0.29, 0.717) is 21.6 Å². The molecule has 1 aliphatic rings. The number of hydrogen-bond donors (Lipinski definition) is 2. The zero-order valence-corrected chi connectivity index (χ0v) is 24.5. The van der Waals surface area contributed by atoms with Crippen LogP contribution in [0.25, 0.3) is 5.69 Å². The van der Waals surface area contributed by atoms with Gasteiger partial charge >= 0.3 is 0 Å². The monoisotopic (exact) mass is 577 g/mol. The van der Waals surface area contributed by atoms with Crippen molar-refractivity contribution in [3.8, 4) is 5.69 Å². The molecule has 0 saturated carbocycles. The largest absolute Gasteiger partial charge is 0.351 e. The van der Waals surface area contributed by atoms with Crippen molar-refractivity contribution in [2.75, 3.05) is 10.2 Å². The molecule has 5 rings (SSSR count). The first kappa shape index (κ1) is 27.2. The van der Waals surface area contributed by atoms with E-state index >= 15 is 0 Å². The lowest BCUT2D eigenvalue weighted by Crippen LogP contribution is -2.29. The van der Waals surface area contributed by atoms with Crippen LogP contribution in [0, 0.1) is 20.8 Å². The Morgan fingerprint density at radius 3 is 2.54 bits per heavy atom. The van der Waals surface area contributed by atoms with Gasteiger partial charge in [-0.3, -0.25) is 9.78 Å². The van der Waals surface area contributed by atoms with Crippen LogP contribution in [0.5, 0.6) is 0 Å². The van der Waals surface area contributed by atoms with Crippen LogP contribution in [0.3, 0.4) is 0 Å². The summed E-state index contributed by atoms with van der Waals surface area (Å²) in [5, 5.41) is 8.28. The molecule has 9 heteroatoms. The number of amides is 1. The van der Waals surface area contributed by atoms with Crippen molar-refractivity contribution in [3.05, 3.63) is 105 Å². The molecule has 3 heterocycles. The Hall–Kier alpha value is -3.39. The second-order valence-corrected chi connectivity index (χ2v) is 10.9. The maximum atomic E-state index is 12.0. The number of nitrogens with one attached hydrogen (secondary N) is 2. The van der Waals surface area contributed by atoms with E-state index < -0.39 is 0 Å². The summed E-state index contributed by atoms with van der Waals surface area (Å²) >= 11 is 18.8. The first-order valence-corrected chi connectivity index (χ1v) is 13.9. The Bertz CT molecular complexity index is 1570. The number of aromatic nitrogens is 2. The van der Waals surface area contributed by atoms with Gasteiger partial charge in [0.25, 0.3) is 0 Å². The van der Waals surface area contributed by atoms with Crippen LogP contribution in [-0.4, -0.2) is 20.6 Å². The molecule has 39 heavy (non-hydrogen) atoms. The van der Waals surface area contributed by atoms with Crippen molar-refractivity contribution in [3.63, 3.8) is 0 Å². The molecule has 2 unspecified atom stereocenters. The highest BCUT2D eigenvalue weighted by atomic mass is 35.5. The fourth-order valence-electron chi connectivity index (χ4n) is 5.25. The normalized spacial score (nSPS) is 16.9. The zero-order chi connectivity index (χ0) is 27.8. The van der Waals surface area contributed by atoms with Gasteiger partial charge in [0, 0.05) is 40.4 Å². The maximum Gasteiger partial charge on any atom is 0.224 e. The molecule has 0 radical (unpaired) electrons. The minimum atomic E-state index is -0.187. The van der Waals surface area contributed by atoms with Crippen molar-refractivity contribution in [2.24, 2.45) is 0 Å². The van der Waals surface area contributed by atoms with Crippen molar-refractivity contribution >= 4 is 57.8 Å². The van der Waals surface area contributed by atoms with Gasteiger partial charge in [-0.25, -0.2) is 0 Å². The summed E-state index contributed by atoms with van der Waals surface area (Å²) in [4.78, 5) is 18.8. The molecule has 2 atom stereocenters. The molecule has 1 fully saturated rings. The minimum Gasteiger partial charge on any atom is -0.351 e. The van der Waals surface area contributed by atoms with Gasteiger partial charge in [-0.2, -0.15) is 0 Å². The summed E-state index contributed by atoms with van der Waals surface area (Å²) in [7, 11) is 0. The number of aryl methyl sites for hydroxylation is 2. The Morgan fingerprint density at radius 2 is 1.87 bits per heavy atom. The summed E-state index contributed by atoms with van der Waals surface area (Å²) < 4.78 is 2.15. The summed E-state index contributed by atoms with van der Waals surface area (Å²) in [6.45, 7) is 7.99. The van der Waals surface area contributed by atoms with Gasteiger partial charge in [-0.05, 0) is 98.7 Å². The summed E-state index contributed by atoms with van der Waals surface area (Å²) in [5.41, 5.74) is 7.61. The van der Waals surface area contributed by atoms with E-state index in [2.05, 4.69) is 51.1 Å². The van der Waals surface area contributed by atoms with Gasteiger partial charge in [0.1, 0.15) is 0 Å². The lowest BCUT2D eigenvalue weighted by molar-refractivity contribution is -0.115. The average molecular weight is 579 g/mol. The molecule has 200 valence electrons. The Morgan fingerprint density at radius 1 is 1.08 bits per heavy atom. The van der Waals surface area contributed by atoms with Crippen molar-refractivity contribution in [1.82, 2.24) is 14.9 Å². The van der Waals surface area contributed by atoms with Crippen LogP contribution in [0.1, 0.15) is 53.6 Å². The molecule has 0 spiro atoms. The van der Waals surface area contributed by atoms with Gasteiger partial charge in [0.2, 0.25) is 5.91 Å². The quantitative estimate of drug-likeness (QED) is 0.231. The van der Waals surface area contributed by atoms with Gasteiger partial charge in [-0.15, -0.1) is 0 Å². The lowest BCUT2D eigenvalue weighted by Gasteiger charge is -2.29. The van der Waals surface area contributed by atoms with Crippen molar-refractivity contribution in [1.29, 1.82) is 0 Å². The van der Waals surface area contributed by atoms with Crippen LogP contribution in [0.15, 0.2) is 66.9 Å². The predicted octanol–water partition coefficient (Wildman–Crippen LogP) is 7.63. The number of thiocarbonyl (C=S) groups is 1. The van der Waals surface area contributed by atoms with Crippen LogP contribution in [0.4, 0.5) is 11.4 Å². The SMILES string of the molecule is CCC(=O)Nc1ccc(N2C(=S)NC(c3ccccn3)C2c2cc(C)n(-c3ccc(Cl)cc3Cl)c2C)cc1C. The number of halogens is 2. The first-order valence-electron chi connectivity index (χ1n) is 12.7. The highest BCUT2D eigenvalue weighted by molar-refractivity contribution is 7.80. The number of carbonyl (C=O) groups is 1. The Labute approximate surface area is 244 Å². The van der Waals surface area contributed by atoms with E-state index in [1.54, 1.807) is 12.3 Å². The highest BCUT2D eigenvalue weighted by Crippen LogP contribution is 2.44.